The van der Waals surface area contributed by atoms with Crippen LogP contribution in [-0.4, -0.2) is 27.9 Å². The van der Waals surface area contributed by atoms with Gasteiger partial charge in [-0.15, -0.1) is 0 Å². The van der Waals surface area contributed by atoms with Crippen LogP contribution < -0.4 is 10.5 Å². The highest BCUT2D eigenvalue weighted by Crippen LogP contribution is 2.26. The van der Waals surface area contributed by atoms with Crippen molar-refractivity contribution in [2.24, 2.45) is 0 Å². The van der Waals surface area contributed by atoms with E-state index in [4.69, 9.17) is 0 Å². The minimum Gasteiger partial charge on any atom is -0.359 e. The molecule has 2 N–H and O–H groups in total. The number of aromatic nitrogens is 3. The summed E-state index contributed by atoms with van der Waals surface area (Å²) in [6.45, 7) is 1.73. The largest absolute Gasteiger partial charge is 0.359 e. The normalized spacial score (nSPS) is 11.1. The van der Waals surface area contributed by atoms with Crippen LogP contribution in [0, 0.1) is 6.92 Å². The first-order chi connectivity index (χ1) is 12.0. The summed E-state index contributed by atoms with van der Waals surface area (Å²) in [6, 6.07) is 12.7. The fraction of sp³-hybridized carbons (Fsp3) is 0.105. The first-order valence-corrected chi connectivity index (χ1v) is 7.89. The SMILES string of the molecule is Cc1nc2ccc(C(=O)N(C)c3cccc4cc[nH]c34)cc2c(=O)[nH]1. The number of nitrogens with one attached hydrogen (secondary N) is 2. The molecular weight excluding hydrogens is 316 g/mol. The number of rotatable bonds is 2. The molecule has 0 radical (unpaired) electrons. The number of fused-ring (bicyclic) bond motifs is 2. The van der Waals surface area contributed by atoms with Crippen LogP contribution in [0.4, 0.5) is 5.69 Å². The van der Waals surface area contributed by atoms with E-state index in [0.29, 0.717) is 22.3 Å². The van der Waals surface area contributed by atoms with Crippen LogP contribution in [0.5, 0.6) is 0 Å². The molecule has 25 heavy (non-hydrogen) atoms. The standard InChI is InChI=1S/C19H16N4O2/c1-11-21-15-7-6-13(10-14(15)18(24)22-11)19(25)23(2)16-5-3-4-12-8-9-20-17(12)16/h3-10,20H,1-2H3,(H,21,22,24). The number of para-hydroxylation sites is 1. The zero-order chi connectivity index (χ0) is 17.6. The van der Waals surface area contributed by atoms with Gasteiger partial charge in [0.1, 0.15) is 5.82 Å². The van der Waals surface area contributed by atoms with Gasteiger partial charge >= 0.3 is 0 Å². The van der Waals surface area contributed by atoms with Gasteiger partial charge in [-0.2, -0.15) is 0 Å². The van der Waals surface area contributed by atoms with Gasteiger partial charge in [0.05, 0.1) is 22.1 Å². The van der Waals surface area contributed by atoms with E-state index in [1.54, 1.807) is 37.1 Å². The van der Waals surface area contributed by atoms with E-state index in [1.807, 2.05) is 30.5 Å². The van der Waals surface area contributed by atoms with Gasteiger partial charge in [-0.1, -0.05) is 12.1 Å². The topological polar surface area (TPSA) is 81.8 Å². The van der Waals surface area contributed by atoms with Crippen molar-refractivity contribution in [3.8, 4) is 0 Å². The summed E-state index contributed by atoms with van der Waals surface area (Å²) in [6.07, 6.45) is 1.84. The summed E-state index contributed by atoms with van der Waals surface area (Å²) in [7, 11) is 1.72. The van der Waals surface area contributed by atoms with Crippen molar-refractivity contribution >= 4 is 33.4 Å². The lowest BCUT2D eigenvalue weighted by molar-refractivity contribution is 0.0993. The maximum atomic E-state index is 12.9. The van der Waals surface area contributed by atoms with Gasteiger partial charge in [0.15, 0.2) is 0 Å². The van der Waals surface area contributed by atoms with E-state index in [2.05, 4.69) is 15.0 Å². The number of hydrogen-bond donors (Lipinski definition) is 2. The summed E-state index contributed by atoms with van der Waals surface area (Å²) in [5.74, 6) is 0.357. The summed E-state index contributed by atoms with van der Waals surface area (Å²) in [5, 5.41) is 1.44. The molecule has 0 atom stereocenters. The van der Waals surface area contributed by atoms with Gasteiger partial charge in [-0.05, 0) is 37.3 Å². The van der Waals surface area contributed by atoms with Crippen LogP contribution >= 0.6 is 0 Å². The van der Waals surface area contributed by atoms with Gasteiger partial charge in [0, 0.05) is 24.2 Å². The van der Waals surface area contributed by atoms with Crippen LogP contribution in [0.2, 0.25) is 0 Å². The highest BCUT2D eigenvalue weighted by atomic mass is 16.2. The van der Waals surface area contributed by atoms with Crippen LogP contribution in [0.15, 0.2) is 53.5 Å². The molecule has 0 unspecified atom stereocenters. The zero-order valence-corrected chi connectivity index (χ0v) is 13.8. The third kappa shape index (κ3) is 2.48. The predicted molar refractivity (Wildman–Crippen MR) is 98.1 cm³/mol. The fourth-order valence-corrected chi connectivity index (χ4v) is 3.04. The van der Waals surface area contributed by atoms with Gasteiger partial charge in [0.25, 0.3) is 11.5 Å². The number of aryl methyl sites for hydroxylation is 1. The van der Waals surface area contributed by atoms with Gasteiger partial charge < -0.3 is 14.9 Å². The highest BCUT2D eigenvalue weighted by molar-refractivity contribution is 6.10. The molecule has 124 valence electrons. The Labute approximate surface area is 143 Å². The van der Waals surface area contributed by atoms with Crippen LogP contribution in [0.1, 0.15) is 16.2 Å². The van der Waals surface area contributed by atoms with Crippen molar-refractivity contribution in [3.05, 3.63) is 70.4 Å². The molecule has 4 aromatic rings. The number of amides is 1. The molecule has 6 nitrogen and oxygen atoms in total. The highest BCUT2D eigenvalue weighted by Gasteiger charge is 2.17. The molecule has 0 fully saturated rings. The fourth-order valence-electron chi connectivity index (χ4n) is 3.04. The molecule has 6 heteroatoms. The zero-order valence-electron chi connectivity index (χ0n) is 13.8. The molecule has 0 spiro atoms. The first-order valence-electron chi connectivity index (χ1n) is 7.89. The lowest BCUT2D eigenvalue weighted by Crippen LogP contribution is -2.26. The molecule has 2 aromatic heterocycles. The maximum Gasteiger partial charge on any atom is 0.258 e. The Morgan fingerprint density at radius 1 is 1.16 bits per heavy atom. The third-order valence-electron chi connectivity index (χ3n) is 4.30. The second-order valence-electron chi connectivity index (χ2n) is 5.97. The molecule has 2 heterocycles. The molecule has 0 aliphatic heterocycles. The maximum absolute atomic E-state index is 12.9. The lowest BCUT2D eigenvalue weighted by Gasteiger charge is -2.18. The molecular formula is C19H16N4O2. The Kier molecular flexibility index (Phi) is 3.39. The molecule has 1 amide bonds. The molecule has 0 aliphatic carbocycles. The lowest BCUT2D eigenvalue weighted by atomic mass is 10.1. The number of hydrogen-bond acceptors (Lipinski definition) is 3. The molecule has 0 aliphatic rings. The number of H-pyrrole nitrogens is 2. The van der Waals surface area contributed by atoms with E-state index in [-0.39, 0.29) is 11.5 Å². The number of aromatic amines is 2. The molecule has 4 rings (SSSR count). The molecule has 0 saturated carbocycles. The smallest absolute Gasteiger partial charge is 0.258 e. The number of carbonyl (C=O) groups is 1. The Morgan fingerprint density at radius 2 is 2.00 bits per heavy atom. The van der Waals surface area contributed by atoms with Gasteiger partial charge in [0.2, 0.25) is 0 Å². The van der Waals surface area contributed by atoms with E-state index in [9.17, 15) is 9.59 Å². The summed E-state index contributed by atoms with van der Waals surface area (Å²) >= 11 is 0. The van der Waals surface area contributed by atoms with Crippen LogP contribution in [0.25, 0.3) is 21.8 Å². The van der Waals surface area contributed by atoms with Crippen molar-refractivity contribution in [3.63, 3.8) is 0 Å². The van der Waals surface area contributed by atoms with Crippen LogP contribution in [0.3, 0.4) is 0 Å². The van der Waals surface area contributed by atoms with Crippen molar-refractivity contribution in [1.29, 1.82) is 0 Å². The number of nitrogens with zero attached hydrogens (tertiary/aromatic N) is 2. The second-order valence-corrected chi connectivity index (χ2v) is 5.97. The summed E-state index contributed by atoms with van der Waals surface area (Å²) < 4.78 is 0. The Hall–Kier alpha value is -3.41. The Bertz CT molecular complexity index is 1170. The van der Waals surface area contributed by atoms with Crippen molar-refractivity contribution in [2.75, 3.05) is 11.9 Å². The molecule has 2 aromatic carbocycles. The van der Waals surface area contributed by atoms with Gasteiger partial charge in [-0.3, -0.25) is 9.59 Å². The van der Waals surface area contributed by atoms with Crippen LogP contribution in [-0.2, 0) is 0 Å². The van der Waals surface area contributed by atoms with Crippen molar-refractivity contribution < 1.29 is 4.79 Å². The average molecular weight is 332 g/mol. The van der Waals surface area contributed by atoms with Crippen molar-refractivity contribution in [1.82, 2.24) is 15.0 Å². The molecule has 0 saturated heterocycles. The van der Waals surface area contributed by atoms with Gasteiger partial charge in [-0.25, -0.2) is 4.98 Å². The average Bonchev–Trinajstić information content (AvgIpc) is 3.09. The first kappa shape index (κ1) is 15.1. The van der Waals surface area contributed by atoms with E-state index < -0.39 is 0 Å². The third-order valence-corrected chi connectivity index (χ3v) is 4.30. The Balaban J connectivity index is 1.79. The monoisotopic (exact) mass is 332 g/mol. The number of carbonyl (C=O) groups excluding carboxylic acids is 1. The molecule has 0 bridgehead atoms. The minimum atomic E-state index is -0.244. The predicted octanol–water partition coefficient (Wildman–Crippen LogP) is 2.99. The quantitative estimate of drug-likeness (QED) is 0.592. The van der Waals surface area contributed by atoms with Crippen molar-refractivity contribution in [2.45, 2.75) is 6.92 Å². The van der Waals surface area contributed by atoms with E-state index >= 15 is 0 Å². The summed E-state index contributed by atoms with van der Waals surface area (Å²) in [4.78, 5) is 36.7. The minimum absolute atomic E-state index is 0.191. The second kappa shape index (κ2) is 5.59. The number of anilines is 1. The summed E-state index contributed by atoms with van der Waals surface area (Å²) in [5.41, 5.74) is 2.45. The number of benzene rings is 2. The van der Waals surface area contributed by atoms with E-state index in [0.717, 1.165) is 16.6 Å². The van der Waals surface area contributed by atoms with E-state index in [1.165, 1.54) is 0 Å². The Morgan fingerprint density at radius 3 is 2.84 bits per heavy atom.